The van der Waals surface area contributed by atoms with E-state index in [4.69, 9.17) is 9.47 Å². The molecular formula is C19H28O2. The maximum Gasteiger partial charge on any atom is 0.237 e. The van der Waals surface area contributed by atoms with E-state index in [1.54, 1.807) is 0 Å². The Labute approximate surface area is 129 Å². The molecule has 0 saturated carbocycles. The summed E-state index contributed by atoms with van der Waals surface area (Å²) >= 11 is 0. The van der Waals surface area contributed by atoms with Gasteiger partial charge in [-0.1, -0.05) is 51.5 Å². The van der Waals surface area contributed by atoms with Crippen molar-refractivity contribution >= 4 is 0 Å². The highest BCUT2D eigenvalue weighted by Gasteiger charge is 2.44. The highest BCUT2D eigenvalue weighted by molar-refractivity contribution is 5.37. The zero-order valence-electron chi connectivity index (χ0n) is 14.0. The van der Waals surface area contributed by atoms with Crippen molar-refractivity contribution in [3.8, 4) is 0 Å². The summed E-state index contributed by atoms with van der Waals surface area (Å²) in [5, 5.41) is 0. The standard InChI is InChI=1S/C19H28O2/c1-6-13-20-19(21-16-9-7-8-10-16)12-11-15(2)14-17(19)18(3,4)5/h7,9-11,14H,6,8,12-13H2,1-5H3. The first-order valence-corrected chi connectivity index (χ1v) is 7.96. The zero-order chi connectivity index (χ0) is 15.5. The Morgan fingerprint density at radius 2 is 2.00 bits per heavy atom. The van der Waals surface area contributed by atoms with Crippen molar-refractivity contribution in [2.75, 3.05) is 6.61 Å². The predicted molar refractivity (Wildman–Crippen MR) is 87.8 cm³/mol. The molecule has 2 heteroatoms. The van der Waals surface area contributed by atoms with Gasteiger partial charge in [-0.3, -0.25) is 0 Å². The minimum absolute atomic E-state index is 0.00609. The van der Waals surface area contributed by atoms with E-state index in [0.717, 1.165) is 25.0 Å². The second kappa shape index (κ2) is 6.23. The van der Waals surface area contributed by atoms with E-state index in [-0.39, 0.29) is 5.41 Å². The van der Waals surface area contributed by atoms with Crippen LogP contribution in [0, 0.1) is 5.41 Å². The number of rotatable bonds is 5. The SMILES string of the molecule is CCCOC1(OC2=CCC=C2)CC=C(C)C=C1C(C)(C)C. The lowest BCUT2D eigenvalue weighted by Crippen LogP contribution is -2.43. The third kappa shape index (κ3) is 3.68. The lowest BCUT2D eigenvalue weighted by Gasteiger charge is -2.43. The maximum atomic E-state index is 6.37. The van der Waals surface area contributed by atoms with Gasteiger partial charge in [0.2, 0.25) is 5.79 Å². The monoisotopic (exact) mass is 288 g/mol. The summed E-state index contributed by atoms with van der Waals surface area (Å²) < 4.78 is 12.6. The van der Waals surface area contributed by atoms with Crippen molar-refractivity contribution in [3.05, 3.63) is 47.3 Å². The molecule has 2 aliphatic carbocycles. The highest BCUT2D eigenvalue weighted by atomic mass is 16.7. The van der Waals surface area contributed by atoms with Crippen molar-refractivity contribution in [2.45, 2.75) is 59.7 Å². The number of hydrogen-bond donors (Lipinski definition) is 0. The molecule has 0 fully saturated rings. The third-order valence-electron chi connectivity index (χ3n) is 3.84. The fraction of sp³-hybridized carbons (Fsp3) is 0.579. The van der Waals surface area contributed by atoms with Gasteiger partial charge in [-0.05, 0) is 37.3 Å². The first-order valence-electron chi connectivity index (χ1n) is 7.96. The second-order valence-electron chi connectivity index (χ2n) is 6.91. The molecule has 0 aromatic rings. The number of allylic oxidation sites excluding steroid dienone is 5. The van der Waals surface area contributed by atoms with Gasteiger partial charge in [0.05, 0.1) is 6.61 Å². The van der Waals surface area contributed by atoms with Crippen molar-refractivity contribution < 1.29 is 9.47 Å². The smallest absolute Gasteiger partial charge is 0.237 e. The molecule has 21 heavy (non-hydrogen) atoms. The average molecular weight is 288 g/mol. The van der Waals surface area contributed by atoms with Crippen LogP contribution in [-0.4, -0.2) is 12.4 Å². The number of ether oxygens (including phenoxy) is 2. The molecule has 0 amide bonds. The largest absolute Gasteiger partial charge is 0.458 e. The van der Waals surface area contributed by atoms with Crippen LogP contribution in [0.3, 0.4) is 0 Å². The molecule has 0 N–H and O–H groups in total. The minimum atomic E-state index is -0.658. The van der Waals surface area contributed by atoms with Crippen LogP contribution in [0.15, 0.2) is 47.3 Å². The van der Waals surface area contributed by atoms with Gasteiger partial charge in [0.15, 0.2) is 0 Å². The summed E-state index contributed by atoms with van der Waals surface area (Å²) in [7, 11) is 0. The van der Waals surface area contributed by atoms with Gasteiger partial charge < -0.3 is 9.47 Å². The molecular weight excluding hydrogens is 260 g/mol. The molecule has 2 aliphatic rings. The minimum Gasteiger partial charge on any atom is -0.458 e. The zero-order valence-corrected chi connectivity index (χ0v) is 14.0. The Kier molecular flexibility index (Phi) is 4.77. The molecule has 2 rings (SSSR count). The van der Waals surface area contributed by atoms with E-state index >= 15 is 0 Å². The Morgan fingerprint density at radius 1 is 1.24 bits per heavy atom. The van der Waals surface area contributed by atoms with Crippen molar-refractivity contribution in [1.82, 2.24) is 0 Å². The van der Waals surface area contributed by atoms with Crippen molar-refractivity contribution in [3.63, 3.8) is 0 Å². The van der Waals surface area contributed by atoms with Crippen molar-refractivity contribution in [2.24, 2.45) is 5.41 Å². The normalized spacial score (nSPS) is 25.5. The molecule has 116 valence electrons. The van der Waals surface area contributed by atoms with Crippen LogP contribution in [0.1, 0.15) is 53.9 Å². The van der Waals surface area contributed by atoms with Crippen LogP contribution in [0.25, 0.3) is 0 Å². The van der Waals surface area contributed by atoms with E-state index < -0.39 is 5.79 Å². The molecule has 0 aliphatic heterocycles. The van der Waals surface area contributed by atoms with Crippen LogP contribution in [-0.2, 0) is 9.47 Å². The summed E-state index contributed by atoms with van der Waals surface area (Å²) in [5.74, 6) is 0.267. The van der Waals surface area contributed by atoms with Crippen LogP contribution in [0.2, 0.25) is 0 Å². The molecule has 0 aromatic heterocycles. The molecule has 0 saturated heterocycles. The Balaban J connectivity index is 2.37. The fourth-order valence-corrected chi connectivity index (χ4v) is 2.82. The van der Waals surface area contributed by atoms with E-state index in [1.165, 1.54) is 11.1 Å². The van der Waals surface area contributed by atoms with Crippen molar-refractivity contribution in [1.29, 1.82) is 0 Å². The first-order chi connectivity index (χ1) is 9.87. The Morgan fingerprint density at radius 3 is 2.57 bits per heavy atom. The van der Waals surface area contributed by atoms with Gasteiger partial charge in [-0.15, -0.1) is 0 Å². The molecule has 1 atom stereocenters. The van der Waals surface area contributed by atoms with E-state index in [2.05, 4.69) is 58.9 Å². The summed E-state index contributed by atoms with van der Waals surface area (Å²) in [6, 6.07) is 0. The quantitative estimate of drug-likeness (QED) is 0.640. The highest BCUT2D eigenvalue weighted by Crippen LogP contribution is 2.44. The van der Waals surface area contributed by atoms with Crippen LogP contribution < -0.4 is 0 Å². The molecule has 0 spiro atoms. The van der Waals surface area contributed by atoms with Crippen LogP contribution in [0.5, 0.6) is 0 Å². The molecule has 2 nitrogen and oxygen atoms in total. The third-order valence-corrected chi connectivity index (χ3v) is 3.84. The second-order valence-corrected chi connectivity index (χ2v) is 6.91. The van der Waals surface area contributed by atoms with Crippen LogP contribution >= 0.6 is 0 Å². The topological polar surface area (TPSA) is 18.5 Å². The summed E-state index contributed by atoms with van der Waals surface area (Å²) in [6.45, 7) is 11.7. The van der Waals surface area contributed by atoms with Gasteiger partial charge in [-0.2, -0.15) is 0 Å². The van der Waals surface area contributed by atoms with E-state index in [9.17, 15) is 0 Å². The van der Waals surface area contributed by atoms with E-state index in [1.807, 2.05) is 6.08 Å². The maximum absolute atomic E-state index is 6.37. The molecule has 0 radical (unpaired) electrons. The summed E-state index contributed by atoms with van der Waals surface area (Å²) in [4.78, 5) is 0. The molecule has 0 bridgehead atoms. The predicted octanol–water partition coefficient (Wildman–Crippen LogP) is 5.29. The average Bonchev–Trinajstić information content (AvgIpc) is 2.91. The molecule has 0 heterocycles. The van der Waals surface area contributed by atoms with Gasteiger partial charge in [0, 0.05) is 12.0 Å². The summed E-state index contributed by atoms with van der Waals surface area (Å²) in [6.07, 6.45) is 13.4. The fourth-order valence-electron chi connectivity index (χ4n) is 2.82. The van der Waals surface area contributed by atoms with E-state index in [0.29, 0.717) is 6.61 Å². The number of hydrogen-bond acceptors (Lipinski definition) is 2. The lowest BCUT2D eigenvalue weighted by molar-refractivity contribution is -0.192. The molecule has 1 unspecified atom stereocenters. The first kappa shape index (κ1) is 16.1. The Hall–Kier alpha value is -1.28. The summed E-state index contributed by atoms with van der Waals surface area (Å²) in [5.41, 5.74) is 2.52. The van der Waals surface area contributed by atoms with Gasteiger partial charge >= 0.3 is 0 Å². The van der Waals surface area contributed by atoms with Gasteiger partial charge in [0.1, 0.15) is 5.76 Å². The Bertz CT molecular complexity index is 500. The van der Waals surface area contributed by atoms with Gasteiger partial charge in [-0.25, -0.2) is 0 Å². The molecule has 0 aromatic carbocycles. The van der Waals surface area contributed by atoms with Crippen LogP contribution in [0.4, 0.5) is 0 Å². The lowest BCUT2D eigenvalue weighted by atomic mass is 9.76. The van der Waals surface area contributed by atoms with Gasteiger partial charge in [0.25, 0.3) is 0 Å².